The van der Waals surface area contributed by atoms with Crippen LogP contribution in [0.1, 0.15) is 11.3 Å². The van der Waals surface area contributed by atoms with Gasteiger partial charge in [-0.25, -0.2) is 0 Å². The summed E-state index contributed by atoms with van der Waals surface area (Å²) in [4.78, 5) is 12.0. The van der Waals surface area contributed by atoms with Crippen LogP contribution in [-0.2, 0) is 7.05 Å². The topological polar surface area (TPSA) is 37.8 Å². The highest BCUT2D eigenvalue weighted by molar-refractivity contribution is 9.10. The quantitative estimate of drug-likeness (QED) is 0.857. The zero-order valence-electron chi connectivity index (χ0n) is 9.47. The summed E-state index contributed by atoms with van der Waals surface area (Å²) in [6, 6.07) is 5.89. The minimum atomic E-state index is 0.0127. The van der Waals surface area contributed by atoms with E-state index in [9.17, 15) is 4.79 Å². The summed E-state index contributed by atoms with van der Waals surface area (Å²) < 4.78 is 2.53. The second-order valence-corrected chi connectivity index (χ2v) is 4.74. The van der Waals surface area contributed by atoms with Gasteiger partial charge in [0.15, 0.2) is 0 Å². The summed E-state index contributed by atoms with van der Waals surface area (Å²) in [5.74, 6) is 0. The molecule has 0 aliphatic carbocycles. The third-order valence-electron chi connectivity index (χ3n) is 2.77. The molecule has 0 atom stereocenters. The Morgan fingerprint density at radius 1 is 1.31 bits per heavy atom. The molecule has 2 rings (SSSR count). The van der Waals surface area contributed by atoms with Crippen molar-refractivity contribution < 1.29 is 0 Å². The van der Waals surface area contributed by atoms with Crippen molar-refractivity contribution in [2.75, 3.05) is 0 Å². The molecule has 0 spiro atoms. The first kappa shape index (κ1) is 11.2. The van der Waals surface area contributed by atoms with E-state index in [0.717, 1.165) is 26.9 Å². The molecule has 2 aromatic rings. The van der Waals surface area contributed by atoms with Gasteiger partial charge in [0.2, 0.25) is 0 Å². The van der Waals surface area contributed by atoms with Gasteiger partial charge < -0.3 is 0 Å². The summed E-state index contributed by atoms with van der Waals surface area (Å²) >= 11 is 3.48. The Labute approximate surface area is 102 Å². The van der Waals surface area contributed by atoms with Gasteiger partial charge in [0.1, 0.15) is 0 Å². The molecule has 1 N–H and O–H groups in total. The maximum absolute atomic E-state index is 12.0. The first-order valence-electron chi connectivity index (χ1n) is 5.03. The molecule has 0 aliphatic heterocycles. The summed E-state index contributed by atoms with van der Waals surface area (Å²) in [5, 5.41) is 3.01. The van der Waals surface area contributed by atoms with Crippen LogP contribution in [0.15, 0.2) is 27.5 Å². The van der Waals surface area contributed by atoms with Gasteiger partial charge >= 0.3 is 0 Å². The van der Waals surface area contributed by atoms with Crippen LogP contribution in [-0.4, -0.2) is 9.78 Å². The molecule has 1 heterocycles. The van der Waals surface area contributed by atoms with Crippen LogP contribution in [0, 0.1) is 13.8 Å². The number of benzene rings is 1. The van der Waals surface area contributed by atoms with E-state index >= 15 is 0 Å². The molecule has 0 saturated heterocycles. The number of aryl methyl sites for hydroxylation is 2. The third-order valence-corrected chi connectivity index (χ3v) is 3.63. The predicted octanol–water partition coefficient (Wildman–Crippen LogP) is 2.76. The highest BCUT2D eigenvalue weighted by Crippen LogP contribution is 2.27. The molecule has 0 bridgehead atoms. The van der Waals surface area contributed by atoms with E-state index in [1.54, 1.807) is 7.05 Å². The number of halogens is 1. The Kier molecular flexibility index (Phi) is 2.76. The van der Waals surface area contributed by atoms with Crippen LogP contribution in [0.4, 0.5) is 0 Å². The average Bonchev–Trinajstić information content (AvgIpc) is 2.47. The number of aromatic amines is 1. The second kappa shape index (κ2) is 3.94. The van der Waals surface area contributed by atoms with Crippen molar-refractivity contribution in [2.24, 2.45) is 7.05 Å². The van der Waals surface area contributed by atoms with Crippen molar-refractivity contribution in [3.05, 3.63) is 44.3 Å². The molecule has 16 heavy (non-hydrogen) atoms. The SMILES string of the molecule is Cc1[nH]n(C)c(=O)c1-c1cccc(Br)c1C. The van der Waals surface area contributed by atoms with Gasteiger partial charge in [-0.3, -0.25) is 14.6 Å². The fourth-order valence-electron chi connectivity index (χ4n) is 1.88. The van der Waals surface area contributed by atoms with E-state index in [1.807, 2.05) is 32.0 Å². The highest BCUT2D eigenvalue weighted by atomic mass is 79.9. The lowest BCUT2D eigenvalue weighted by atomic mass is 10.0. The lowest BCUT2D eigenvalue weighted by Crippen LogP contribution is -2.13. The number of hydrogen-bond donors (Lipinski definition) is 1. The standard InChI is InChI=1S/C12H13BrN2O/c1-7-9(5-4-6-10(7)13)11-8(2)14-15(3)12(11)16/h4-6,14H,1-3H3. The number of aromatic nitrogens is 2. The van der Waals surface area contributed by atoms with Gasteiger partial charge in [-0.1, -0.05) is 28.1 Å². The molecule has 0 unspecified atom stereocenters. The molecular formula is C12H13BrN2O. The molecule has 4 heteroatoms. The van der Waals surface area contributed by atoms with E-state index in [0.29, 0.717) is 0 Å². The lowest BCUT2D eigenvalue weighted by molar-refractivity contribution is 0.731. The Morgan fingerprint density at radius 3 is 2.56 bits per heavy atom. The highest BCUT2D eigenvalue weighted by Gasteiger charge is 2.14. The van der Waals surface area contributed by atoms with Gasteiger partial charge in [0.25, 0.3) is 5.56 Å². The van der Waals surface area contributed by atoms with Crippen molar-refractivity contribution in [1.29, 1.82) is 0 Å². The number of rotatable bonds is 1. The number of hydrogen-bond acceptors (Lipinski definition) is 1. The Balaban J connectivity index is 2.78. The van der Waals surface area contributed by atoms with Crippen LogP contribution in [0.2, 0.25) is 0 Å². The van der Waals surface area contributed by atoms with Crippen molar-refractivity contribution in [3.8, 4) is 11.1 Å². The summed E-state index contributed by atoms with van der Waals surface area (Å²) in [6.07, 6.45) is 0. The molecule has 1 aromatic heterocycles. The van der Waals surface area contributed by atoms with Crippen LogP contribution in [0.3, 0.4) is 0 Å². The minimum Gasteiger partial charge on any atom is -0.300 e. The van der Waals surface area contributed by atoms with E-state index in [-0.39, 0.29) is 5.56 Å². The van der Waals surface area contributed by atoms with E-state index < -0.39 is 0 Å². The van der Waals surface area contributed by atoms with Crippen molar-refractivity contribution in [2.45, 2.75) is 13.8 Å². The molecule has 84 valence electrons. The molecule has 0 radical (unpaired) electrons. The summed E-state index contributed by atoms with van der Waals surface area (Å²) in [7, 11) is 1.73. The van der Waals surface area contributed by atoms with Gasteiger partial charge in [0, 0.05) is 17.2 Å². The number of nitrogens with zero attached hydrogens (tertiary/aromatic N) is 1. The van der Waals surface area contributed by atoms with Crippen molar-refractivity contribution in [3.63, 3.8) is 0 Å². The second-order valence-electron chi connectivity index (χ2n) is 3.89. The first-order valence-corrected chi connectivity index (χ1v) is 5.82. The normalized spacial score (nSPS) is 10.8. The Bertz CT molecular complexity index is 596. The summed E-state index contributed by atoms with van der Waals surface area (Å²) in [6.45, 7) is 3.92. The molecule has 0 amide bonds. The van der Waals surface area contributed by atoms with Gasteiger partial charge in [-0.2, -0.15) is 0 Å². The van der Waals surface area contributed by atoms with Crippen LogP contribution < -0.4 is 5.56 Å². The minimum absolute atomic E-state index is 0.0127. The van der Waals surface area contributed by atoms with Gasteiger partial charge in [-0.15, -0.1) is 0 Å². The third kappa shape index (κ3) is 1.63. The zero-order chi connectivity index (χ0) is 11.9. The van der Waals surface area contributed by atoms with Crippen LogP contribution in [0.5, 0.6) is 0 Å². The predicted molar refractivity (Wildman–Crippen MR) is 68.6 cm³/mol. The average molecular weight is 281 g/mol. The fourth-order valence-corrected chi connectivity index (χ4v) is 2.25. The molecule has 0 saturated carbocycles. The first-order chi connectivity index (χ1) is 7.52. The van der Waals surface area contributed by atoms with E-state index in [2.05, 4.69) is 21.0 Å². The fraction of sp³-hybridized carbons (Fsp3) is 0.250. The number of nitrogens with one attached hydrogen (secondary N) is 1. The largest absolute Gasteiger partial charge is 0.300 e. The number of H-pyrrole nitrogens is 1. The smallest absolute Gasteiger partial charge is 0.274 e. The molecular weight excluding hydrogens is 268 g/mol. The lowest BCUT2D eigenvalue weighted by Gasteiger charge is -2.05. The zero-order valence-corrected chi connectivity index (χ0v) is 11.1. The van der Waals surface area contributed by atoms with Crippen molar-refractivity contribution in [1.82, 2.24) is 9.78 Å². The van der Waals surface area contributed by atoms with E-state index in [4.69, 9.17) is 0 Å². The Morgan fingerprint density at radius 2 is 2.00 bits per heavy atom. The Hall–Kier alpha value is -1.29. The van der Waals surface area contributed by atoms with Crippen molar-refractivity contribution >= 4 is 15.9 Å². The van der Waals surface area contributed by atoms with Crippen LogP contribution in [0.25, 0.3) is 11.1 Å². The van der Waals surface area contributed by atoms with Crippen LogP contribution >= 0.6 is 15.9 Å². The van der Waals surface area contributed by atoms with Gasteiger partial charge in [0.05, 0.1) is 5.56 Å². The molecule has 3 nitrogen and oxygen atoms in total. The maximum atomic E-state index is 12.0. The molecule has 0 aliphatic rings. The summed E-state index contributed by atoms with van der Waals surface area (Å²) in [5.41, 5.74) is 3.73. The molecule has 0 fully saturated rings. The van der Waals surface area contributed by atoms with E-state index in [1.165, 1.54) is 4.68 Å². The maximum Gasteiger partial charge on any atom is 0.274 e. The monoisotopic (exact) mass is 280 g/mol. The van der Waals surface area contributed by atoms with Gasteiger partial charge in [-0.05, 0) is 31.0 Å². The molecule has 1 aromatic carbocycles.